The van der Waals surface area contributed by atoms with Crippen LogP contribution in [0.5, 0.6) is 11.5 Å². The van der Waals surface area contributed by atoms with Crippen LogP contribution in [-0.4, -0.2) is 18.0 Å². The molecule has 0 radical (unpaired) electrons. The van der Waals surface area contributed by atoms with Crippen LogP contribution in [0, 0.1) is 20.8 Å². The zero-order chi connectivity index (χ0) is 17.6. The fourth-order valence-corrected chi connectivity index (χ4v) is 2.81. The van der Waals surface area contributed by atoms with E-state index < -0.39 is 0 Å². The number of ketones is 1. The van der Waals surface area contributed by atoms with Crippen LogP contribution in [0.2, 0.25) is 0 Å². The van der Waals surface area contributed by atoms with E-state index in [-0.39, 0.29) is 28.6 Å². The van der Waals surface area contributed by atoms with Crippen molar-refractivity contribution in [3.05, 3.63) is 52.1 Å². The summed E-state index contributed by atoms with van der Waals surface area (Å²) in [6.45, 7) is 5.61. The number of nitrogens with two attached hydrogens (primary N) is 1. The lowest BCUT2D eigenvalue weighted by molar-refractivity contribution is 0.104. The van der Waals surface area contributed by atoms with Crippen LogP contribution < -0.4 is 10.5 Å². The quantitative estimate of drug-likeness (QED) is 0.714. The SMILES string of the molecule is COc1cc(C(=O)c2c(N)oc3c(O)c(C)ccc23)cc(C)c1C. The minimum Gasteiger partial charge on any atom is -0.504 e. The number of nitrogen functional groups attached to an aromatic ring is 1. The Morgan fingerprint density at radius 3 is 2.54 bits per heavy atom. The molecule has 1 aromatic heterocycles. The normalized spacial score (nSPS) is 11.0. The average Bonchev–Trinajstić information content (AvgIpc) is 2.89. The number of anilines is 1. The number of ether oxygens (including phenoxy) is 1. The fraction of sp³-hybridized carbons (Fsp3) is 0.211. The summed E-state index contributed by atoms with van der Waals surface area (Å²) in [6.07, 6.45) is 0. The fourth-order valence-electron chi connectivity index (χ4n) is 2.81. The lowest BCUT2D eigenvalue weighted by Crippen LogP contribution is -2.05. The van der Waals surface area contributed by atoms with Gasteiger partial charge in [-0.2, -0.15) is 0 Å². The number of carbonyl (C=O) groups excluding carboxylic acids is 1. The molecule has 0 aliphatic heterocycles. The van der Waals surface area contributed by atoms with Crippen LogP contribution in [0.3, 0.4) is 0 Å². The molecule has 1 heterocycles. The van der Waals surface area contributed by atoms with Gasteiger partial charge >= 0.3 is 0 Å². The van der Waals surface area contributed by atoms with E-state index in [1.807, 2.05) is 13.8 Å². The highest BCUT2D eigenvalue weighted by molar-refractivity contribution is 6.19. The monoisotopic (exact) mass is 325 g/mol. The third kappa shape index (κ3) is 2.29. The maximum absolute atomic E-state index is 13.0. The van der Waals surface area contributed by atoms with Crippen LogP contribution in [0.1, 0.15) is 32.6 Å². The molecule has 24 heavy (non-hydrogen) atoms. The van der Waals surface area contributed by atoms with E-state index in [2.05, 4.69) is 0 Å². The van der Waals surface area contributed by atoms with E-state index in [1.54, 1.807) is 38.3 Å². The zero-order valence-electron chi connectivity index (χ0n) is 14.1. The van der Waals surface area contributed by atoms with Gasteiger partial charge in [0, 0.05) is 10.9 Å². The van der Waals surface area contributed by atoms with Gasteiger partial charge in [-0.15, -0.1) is 0 Å². The number of furan rings is 1. The number of phenolic OH excluding ortho intramolecular Hbond substituents is 1. The average molecular weight is 325 g/mol. The number of rotatable bonds is 3. The molecule has 0 saturated heterocycles. The lowest BCUT2D eigenvalue weighted by atomic mass is 9.97. The second kappa shape index (κ2) is 5.60. The van der Waals surface area contributed by atoms with Gasteiger partial charge in [-0.05, 0) is 55.7 Å². The first-order valence-corrected chi connectivity index (χ1v) is 7.55. The summed E-state index contributed by atoms with van der Waals surface area (Å²) in [4.78, 5) is 13.0. The molecule has 5 heteroatoms. The summed E-state index contributed by atoms with van der Waals surface area (Å²) in [6, 6.07) is 6.95. The van der Waals surface area contributed by atoms with Crippen molar-refractivity contribution in [1.29, 1.82) is 0 Å². The molecule has 0 atom stereocenters. The highest BCUT2D eigenvalue weighted by Gasteiger charge is 2.23. The second-order valence-corrected chi connectivity index (χ2v) is 5.90. The maximum Gasteiger partial charge on any atom is 0.203 e. The highest BCUT2D eigenvalue weighted by atomic mass is 16.5. The van der Waals surface area contributed by atoms with Crippen LogP contribution in [0.25, 0.3) is 11.0 Å². The molecular formula is C19H19NO4. The Hall–Kier alpha value is -2.95. The van der Waals surface area contributed by atoms with Gasteiger partial charge in [0.25, 0.3) is 0 Å². The molecule has 0 amide bonds. The summed E-state index contributed by atoms with van der Waals surface area (Å²) >= 11 is 0. The molecule has 5 nitrogen and oxygen atoms in total. The molecule has 0 spiro atoms. The largest absolute Gasteiger partial charge is 0.504 e. The molecule has 124 valence electrons. The number of fused-ring (bicyclic) bond motifs is 1. The summed E-state index contributed by atoms with van der Waals surface area (Å²) in [5, 5.41) is 10.6. The minimum atomic E-state index is -0.268. The smallest absolute Gasteiger partial charge is 0.203 e. The number of methoxy groups -OCH3 is 1. The first-order valence-electron chi connectivity index (χ1n) is 7.55. The summed E-state index contributed by atoms with van der Waals surface area (Å²) in [5.74, 6) is 0.364. The molecule has 0 fully saturated rings. The highest BCUT2D eigenvalue weighted by Crippen LogP contribution is 2.37. The number of hydrogen-bond donors (Lipinski definition) is 2. The van der Waals surface area contributed by atoms with Gasteiger partial charge in [0.2, 0.25) is 5.88 Å². The van der Waals surface area contributed by atoms with E-state index in [0.717, 1.165) is 11.1 Å². The van der Waals surface area contributed by atoms with Crippen molar-refractivity contribution < 1.29 is 19.1 Å². The molecular weight excluding hydrogens is 306 g/mol. The Kier molecular flexibility index (Phi) is 3.72. The van der Waals surface area contributed by atoms with Gasteiger partial charge in [0.15, 0.2) is 17.1 Å². The Morgan fingerprint density at radius 1 is 1.17 bits per heavy atom. The summed E-state index contributed by atoms with van der Waals surface area (Å²) in [7, 11) is 1.57. The Balaban J connectivity index is 2.22. The van der Waals surface area contributed by atoms with Crippen molar-refractivity contribution in [2.75, 3.05) is 12.8 Å². The number of phenols is 1. The van der Waals surface area contributed by atoms with Gasteiger partial charge < -0.3 is 20.0 Å². The predicted octanol–water partition coefficient (Wildman–Crippen LogP) is 3.89. The number of benzene rings is 2. The van der Waals surface area contributed by atoms with Crippen LogP contribution in [-0.2, 0) is 0 Å². The molecule has 0 bridgehead atoms. The van der Waals surface area contributed by atoms with E-state index >= 15 is 0 Å². The first kappa shape index (κ1) is 15.9. The van der Waals surface area contributed by atoms with Gasteiger partial charge in [0.05, 0.1) is 12.7 Å². The Bertz CT molecular complexity index is 969. The molecule has 0 unspecified atom stereocenters. The molecule has 3 rings (SSSR count). The standard InChI is InChI=1S/C19H19NO4/c1-9-5-6-13-15(19(20)24-18(13)16(9)21)17(22)12-7-10(2)11(3)14(8-12)23-4/h5-8,21H,20H2,1-4H3. The summed E-state index contributed by atoms with van der Waals surface area (Å²) < 4.78 is 10.8. The lowest BCUT2D eigenvalue weighted by Gasteiger charge is -2.10. The number of aryl methyl sites for hydroxylation is 2. The number of aromatic hydroxyl groups is 1. The topological polar surface area (TPSA) is 85.7 Å². The van der Waals surface area contributed by atoms with Gasteiger partial charge in [0.1, 0.15) is 5.75 Å². The molecule has 0 aliphatic rings. The van der Waals surface area contributed by atoms with Crippen molar-refractivity contribution in [3.8, 4) is 11.5 Å². The van der Waals surface area contributed by atoms with Crippen molar-refractivity contribution in [3.63, 3.8) is 0 Å². The van der Waals surface area contributed by atoms with E-state index in [1.165, 1.54) is 0 Å². The van der Waals surface area contributed by atoms with E-state index in [0.29, 0.717) is 22.3 Å². The molecule has 0 aliphatic carbocycles. The van der Waals surface area contributed by atoms with Gasteiger partial charge in [-0.1, -0.05) is 6.07 Å². The summed E-state index contributed by atoms with van der Waals surface area (Å²) in [5.41, 5.74) is 9.45. The van der Waals surface area contributed by atoms with Crippen molar-refractivity contribution in [1.82, 2.24) is 0 Å². The molecule has 3 N–H and O–H groups in total. The molecule has 2 aromatic carbocycles. The third-order valence-electron chi connectivity index (χ3n) is 4.39. The van der Waals surface area contributed by atoms with Crippen molar-refractivity contribution in [2.45, 2.75) is 20.8 Å². The third-order valence-corrected chi connectivity index (χ3v) is 4.39. The number of carbonyl (C=O) groups is 1. The van der Waals surface area contributed by atoms with E-state index in [4.69, 9.17) is 14.9 Å². The van der Waals surface area contributed by atoms with Crippen LogP contribution in [0.4, 0.5) is 5.88 Å². The van der Waals surface area contributed by atoms with Crippen LogP contribution in [0.15, 0.2) is 28.7 Å². The maximum atomic E-state index is 13.0. The number of hydrogen-bond acceptors (Lipinski definition) is 5. The molecule has 0 saturated carbocycles. The Morgan fingerprint density at radius 2 is 1.88 bits per heavy atom. The first-order chi connectivity index (χ1) is 11.3. The minimum absolute atomic E-state index is 0.00378. The molecule has 3 aromatic rings. The van der Waals surface area contributed by atoms with Crippen molar-refractivity contribution in [2.24, 2.45) is 0 Å². The van der Waals surface area contributed by atoms with E-state index in [9.17, 15) is 9.90 Å². The predicted molar refractivity (Wildman–Crippen MR) is 92.9 cm³/mol. The Labute approximate surface area is 139 Å². The van der Waals surface area contributed by atoms with Crippen LogP contribution >= 0.6 is 0 Å². The van der Waals surface area contributed by atoms with Crippen molar-refractivity contribution >= 4 is 22.6 Å². The second-order valence-electron chi connectivity index (χ2n) is 5.90. The zero-order valence-corrected chi connectivity index (χ0v) is 14.1. The van der Waals surface area contributed by atoms with Gasteiger partial charge in [-0.3, -0.25) is 4.79 Å². The van der Waals surface area contributed by atoms with Gasteiger partial charge in [-0.25, -0.2) is 0 Å².